The number of hydrogen-bond acceptors (Lipinski definition) is 8. The minimum Gasteiger partial charge on any atom is -0.395 e. The second-order valence-corrected chi connectivity index (χ2v) is 7.71. The van der Waals surface area contributed by atoms with Crippen LogP contribution in [0.3, 0.4) is 0 Å². The van der Waals surface area contributed by atoms with Gasteiger partial charge in [-0.05, 0) is 38.5 Å². The predicted octanol–water partition coefficient (Wildman–Crippen LogP) is 3.68. The Labute approximate surface area is 192 Å². The van der Waals surface area contributed by atoms with Gasteiger partial charge < -0.3 is 9.73 Å². The highest BCUT2D eigenvalue weighted by Crippen LogP contribution is 2.26. The number of fused-ring (bicyclic) bond motifs is 1. The number of benzene rings is 1. The molecule has 4 aromatic heterocycles. The van der Waals surface area contributed by atoms with Gasteiger partial charge >= 0.3 is 5.88 Å². The highest BCUT2D eigenvalue weighted by Gasteiger charge is 2.21. The van der Waals surface area contributed by atoms with Crippen molar-refractivity contribution in [3.63, 3.8) is 0 Å². The van der Waals surface area contributed by atoms with Gasteiger partial charge in [-0.1, -0.05) is 17.7 Å². The third kappa shape index (κ3) is 3.56. The van der Waals surface area contributed by atoms with Gasteiger partial charge in [0.1, 0.15) is 17.1 Å². The number of nitrogens with one attached hydrogen (secondary N) is 1. The normalized spacial score (nSPS) is 11.1. The van der Waals surface area contributed by atoms with Gasteiger partial charge in [0.05, 0.1) is 29.0 Å². The van der Waals surface area contributed by atoms with E-state index in [0.29, 0.717) is 28.4 Å². The van der Waals surface area contributed by atoms with E-state index in [1.807, 2.05) is 26.0 Å². The van der Waals surface area contributed by atoms with E-state index in [-0.39, 0.29) is 5.76 Å². The third-order valence-corrected chi connectivity index (χ3v) is 5.19. The van der Waals surface area contributed by atoms with Crippen LogP contribution in [0.4, 0.5) is 11.7 Å². The van der Waals surface area contributed by atoms with Crippen LogP contribution in [-0.4, -0.2) is 40.4 Å². The van der Waals surface area contributed by atoms with Crippen molar-refractivity contribution in [3.8, 4) is 11.5 Å². The zero-order valence-electron chi connectivity index (χ0n) is 18.4. The standard InChI is InChI=1S/C22H18N8O4/c1-12-4-5-16(13(2)8-12)28-20-15(10-25-28)21(24-11-23-20)29-18(9-14(3)27-29)26-22(31)17-6-7-19(34-17)30(32)33/h4-11H,1-3H3,(H,26,31). The van der Waals surface area contributed by atoms with Crippen LogP contribution in [0.2, 0.25) is 0 Å². The molecule has 0 radical (unpaired) electrons. The van der Waals surface area contributed by atoms with Gasteiger partial charge in [-0.3, -0.25) is 14.9 Å². The van der Waals surface area contributed by atoms with Crippen molar-refractivity contribution in [1.29, 1.82) is 0 Å². The Morgan fingerprint density at radius 3 is 2.65 bits per heavy atom. The summed E-state index contributed by atoms with van der Waals surface area (Å²) in [6, 6.07) is 10.0. The van der Waals surface area contributed by atoms with Crippen LogP contribution < -0.4 is 5.32 Å². The van der Waals surface area contributed by atoms with Gasteiger partial charge in [0, 0.05) is 6.07 Å². The molecule has 0 aliphatic carbocycles. The molecular weight excluding hydrogens is 440 g/mol. The van der Waals surface area contributed by atoms with Crippen molar-refractivity contribution in [2.45, 2.75) is 20.8 Å². The van der Waals surface area contributed by atoms with Crippen molar-refractivity contribution in [3.05, 3.63) is 81.6 Å². The third-order valence-electron chi connectivity index (χ3n) is 5.19. The number of aryl methyl sites for hydroxylation is 3. The first kappa shape index (κ1) is 21.0. The van der Waals surface area contributed by atoms with Gasteiger partial charge in [0.15, 0.2) is 17.2 Å². The summed E-state index contributed by atoms with van der Waals surface area (Å²) in [7, 11) is 0. The first-order valence-electron chi connectivity index (χ1n) is 10.2. The van der Waals surface area contributed by atoms with Crippen molar-refractivity contribution in [2.24, 2.45) is 0 Å². The molecule has 0 saturated carbocycles. The number of hydrogen-bond donors (Lipinski definition) is 1. The highest BCUT2D eigenvalue weighted by molar-refractivity contribution is 6.02. The quantitative estimate of drug-likeness (QED) is 0.310. The van der Waals surface area contributed by atoms with Gasteiger partial charge in [-0.2, -0.15) is 14.9 Å². The minimum absolute atomic E-state index is 0.201. The Hall–Kier alpha value is -4.87. The van der Waals surface area contributed by atoms with Crippen molar-refractivity contribution in [1.82, 2.24) is 29.5 Å². The molecule has 0 unspecified atom stereocenters. The van der Waals surface area contributed by atoms with E-state index in [0.717, 1.165) is 22.9 Å². The molecule has 0 atom stereocenters. The molecule has 34 heavy (non-hydrogen) atoms. The highest BCUT2D eigenvalue weighted by atomic mass is 16.6. The number of furan rings is 1. The van der Waals surface area contributed by atoms with Crippen molar-refractivity contribution >= 4 is 28.6 Å². The molecule has 0 aliphatic heterocycles. The summed E-state index contributed by atoms with van der Waals surface area (Å²) in [5.41, 5.74) is 4.26. The number of anilines is 1. The van der Waals surface area contributed by atoms with Crippen LogP contribution in [0.15, 0.2) is 53.3 Å². The van der Waals surface area contributed by atoms with Gasteiger partial charge in [0.2, 0.25) is 0 Å². The lowest BCUT2D eigenvalue weighted by Crippen LogP contribution is -2.15. The van der Waals surface area contributed by atoms with Crippen LogP contribution in [0.25, 0.3) is 22.5 Å². The second kappa shape index (κ2) is 7.92. The summed E-state index contributed by atoms with van der Waals surface area (Å²) in [4.78, 5) is 31.6. The molecule has 0 aliphatic rings. The van der Waals surface area contributed by atoms with Gasteiger partial charge in [-0.25, -0.2) is 14.6 Å². The zero-order chi connectivity index (χ0) is 24.0. The fraction of sp³-hybridized carbons (Fsp3) is 0.136. The Morgan fingerprint density at radius 1 is 1.09 bits per heavy atom. The average Bonchev–Trinajstić information content (AvgIpc) is 3.52. The Kier molecular flexibility index (Phi) is 4.89. The molecule has 12 heteroatoms. The van der Waals surface area contributed by atoms with E-state index in [9.17, 15) is 14.9 Å². The molecule has 1 amide bonds. The summed E-state index contributed by atoms with van der Waals surface area (Å²) in [6.07, 6.45) is 3.04. The summed E-state index contributed by atoms with van der Waals surface area (Å²) in [6.45, 7) is 5.79. The molecule has 5 rings (SSSR count). The lowest BCUT2D eigenvalue weighted by molar-refractivity contribution is -0.402. The summed E-state index contributed by atoms with van der Waals surface area (Å²) < 4.78 is 8.18. The van der Waals surface area contributed by atoms with E-state index >= 15 is 0 Å². The molecule has 4 heterocycles. The van der Waals surface area contributed by atoms with Crippen LogP contribution in [0, 0.1) is 30.9 Å². The maximum absolute atomic E-state index is 12.6. The average molecular weight is 458 g/mol. The first-order valence-corrected chi connectivity index (χ1v) is 10.2. The Balaban J connectivity index is 1.55. The number of aromatic nitrogens is 6. The maximum atomic E-state index is 12.6. The molecule has 170 valence electrons. The van der Waals surface area contributed by atoms with Crippen molar-refractivity contribution in [2.75, 3.05) is 5.32 Å². The molecule has 12 nitrogen and oxygen atoms in total. The van der Waals surface area contributed by atoms with Crippen molar-refractivity contribution < 1.29 is 14.1 Å². The van der Waals surface area contributed by atoms with E-state index < -0.39 is 16.7 Å². The van der Waals surface area contributed by atoms with E-state index in [1.165, 1.54) is 17.1 Å². The fourth-order valence-corrected chi connectivity index (χ4v) is 3.70. The number of nitrogens with zero attached hydrogens (tertiary/aromatic N) is 7. The lowest BCUT2D eigenvalue weighted by Gasteiger charge is -2.09. The predicted molar refractivity (Wildman–Crippen MR) is 121 cm³/mol. The number of nitro groups is 1. The van der Waals surface area contributed by atoms with Gasteiger partial charge in [-0.15, -0.1) is 0 Å². The maximum Gasteiger partial charge on any atom is 0.433 e. The number of carbonyl (C=O) groups excluding carboxylic acids is 1. The molecule has 1 aromatic carbocycles. The summed E-state index contributed by atoms with van der Waals surface area (Å²) >= 11 is 0. The molecular formula is C22H18N8O4. The van der Waals surface area contributed by atoms with E-state index in [2.05, 4.69) is 31.5 Å². The molecule has 0 spiro atoms. The molecule has 1 N–H and O–H groups in total. The first-order chi connectivity index (χ1) is 16.3. The monoisotopic (exact) mass is 458 g/mol. The van der Waals surface area contributed by atoms with Crippen LogP contribution in [-0.2, 0) is 0 Å². The van der Waals surface area contributed by atoms with E-state index in [1.54, 1.807) is 23.9 Å². The minimum atomic E-state index is -0.712. The summed E-state index contributed by atoms with van der Waals surface area (Å²) in [5.74, 6) is -0.667. The lowest BCUT2D eigenvalue weighted by atomic mass is 10.1. The second-order valence-electron chi connectivity index (χ2n) is 7.71. The Morgan fingerprint density at radius 2 is 1.91 bits per heavy atom. The number of carbonyl (C=O) groups is 1. The van der Waals surface area contributed by atoms with Gasteiger partial charge in [0.25, 0.3) is 5.91 Å². The van der Waals surface area contributed by atoms with Crippen LogP contribution >= 0.6 is 0 Å². The SMILES string of the molecule is Cc1ccc(-n2ncc3c(-n4nc(C)cc4NC(=O)c4ccc([N+](=O)[O-])o4)ncnc32)c(C)c1. The number of amides is 1. The molecule has 0 saturated heterocycles. The van der Waals surface area contributed by atoms with E-state index in [4.69, 9.17) is 4.42 Å². The molecule has 5 aromatic rings. The Bertz CT molecular complexity index is 1580. The van der Waals surface area contributed by atoms with Crippen LogP contribution in [0.5, 0.6) is 0 Å². The number of rotatable bonds is 5. The summed E-state index contributed by atoms with van der Waals surface area (Å²) in [5, 5.41) is 23.1. The zero-order valence-corrected chi connectivity index (χ0v) is 18.4. The largest absolute Gasteiger partial charge is 0.433 e. The smallest absolute Gasteiger partial charge is 0.395 e. The molecule has 0 fully saturated rings. The topological polar surface area (TPSA) is 147 Å². The molecule has 0 bridgehead atoms. The van der Waals surface area contributed by atoms with Crippen LogP contribution in [0.1, 0.15) is 27.4 Å². The fourth-order valence-electron chi connectivity index (χ4n) is 3.70.